The maximum atomic E-state index is 12.9. The molecule has 0 atom stereocenters. The van der Waals surface area contributed by atoms with Gasteiger partial charge in [0.1, 0.15) is 18.0 Å². The molecule has 0 saturated heterocycles. The lowest BCUT2D eigenvalue weighted by atomic mass is 10.2. The molecule has 36 heavy (non-hydrogen) atoms. The quantitative estimate of drug-likeness (QED) is 0.283. The Kier molecular flexibility index (Phi) is 7.37. The number of hydrogen-bond acceptors (Lipinski definition) is 5. The minimum absolute atomic E-state index is 0.0402. The second-order valence-corrected chi connectivity index (χ2v) is 9.67. The molecule has 0 aliphatic rings. The fourth-order valence-electron chi connectivity index (χ4n) is 3.33. The summed E-state index contributed by atoms with van der Waals surface area (Å²) in [5.41, 5.74) is 1.71. The number of halogens is 2. The van der Waals surface area contributed by atoms with Crippen molar-refractivity contribution in [3.05, 3.63) is 82.6 Å². The minimum Gasteiger partial charge on any atom is -0.486 e. The number of para-hydroxylation sites is 2. The Balaban J connectivity index is 1.42. The molecule has 4 rings (SSSR count). The van der Waals surface area contributed by atoms with Crippen LogP contribution in [0, 0.1) is 0 Å². The van der Waals surface area contributed by atoms with Crippen molar-refractivity contribution in [3.8, 4) is 5.75 Å². The highest BCUT2D eigenvalue weighted by molar-refractivity contribution is 6.42. The third kappa shape index (κ3) is 6.27. The zero-order chi connectivity index (χ0) is 25.9. The van der Waals surface area contributed by atoms with Gasteiger partial charge < -0.3 is 20.1 Å². The van der Waals surface area contributed by atoms with Gasteiger partial charge in [-0.25, -0.2) is 19.1 Å². The molecular weight excluding hydrogens is 503 g/mol. The summed E-state index contributed by atoms with van der Waals surface area (Å²) in [6.45, 7) is 5.46. The summed E-state index contributed by atoms with van der Waals surface area (Å²) in [5, 5.41) is 6.16. The number of urea groups is 1. The van der Waals surface area contributed by atoms with Crippen LogP contribution < -0.4 is 15.4 Å². The van der Waals surface area contributed by atoms with Crippen LogP contribution in [0.15, 0.2) is 66.7 Å². The molecule has 1 heterocycles. The van der Waals surface area contributed by atoms with E-state index in [0.717, 1.165) is 0 Å². The molecule has 0 bridgehead atoms. The molecule has 4 aromatic rings. The largest absolute Gasteiger partial charge is 0.486 e. The molecule has 2 amide bonds. The van der Waals surface area contributed by atoms with Crippen molar-refractivity contribution in [2.75, 3.05) is 10.6 Å². The molecule has 0 spiro atoms. The summed E-state index contributed by atoms with van der Waals surface area (Å²) >= 11 is 11.9. The highest BCUT2D eigenvalue weighted by atomic mass is 35.5. The molecular formula is C26H24Cl2N4O4. The number of benzene rings is 3. The van der Waals surface area contributed by atoms with Gasteiger partial charge in [0.05, 0.1) is 21.1 Å². The molecule has 10 heteroatoms. The standard InChI is InChI=1S/C26H24Cl2N4O4/c1-26(2,3)36-25(34)32-22-7-5-4-6-21(22)31-23(32)15-35-18-11-8-16(9-12-18)29-24(33)30-17-10-13-19(27)20(28)14-17/h4-14H,15H2,1-3H3,(H2,29,30,33). The smallest absolute Gasteiger partial charge is 0.420 e. The molecule has 0 aliphatic carbocycles. The van der Waals surface area contributed by atoms with Crippen molar-refractivity contribution in [3.63, 3.8) is 0 Å². The molecule has 2 N–H and O–H groups in total. The fourth-order valence-corrected chi connectivity index (χ4v) is 3.63. The van der Waals surface area contributed by atoms with E-state index in [4.69, 9.17) is 32.7 Å². The van der Waals surface area contributed by atoms with Gasteiger partial charge in [-0.15, -0.1) is 0 Å². The first kappa shape index (κ1) is 25.3. The molecule has 186 valence electrons. The van der Waals surface area contributed by atoms with E-state index in [1.54, 1.807) is 69.3 Å². The highest BCUT2D eigenvalue weighted by Crippen LogP contribution is 2.25. The topological polar surface area (TPSA) is 94.5 Å². The SMILES string of the molecule is CC(C)(C)OC(=O)n1c(COc2ccc(NC(=O)Nc3ccc(Cl)c(Cl)c3)cc2)nc2ccccc21. The van der Waals surface area contributed by atoms with E-state index in [-0.39, 0.29) is 6.61 Å². The third-order valence-corrected chi connectivity index (χ3v) is 5.60. The maximum Gasteiger partial charge on any atom is 0.420 e. The van der Waals surface area contributed by atoms with Crippen LogP contribution in [0.3, 0.4) is 0 Å². The summed E-state index contributed by atoms with van der Waals surface area (Å²) in [6.07, 6.45) is -0.526. The van der Waals surface area contributed by atoms with Crippen LogP contribution in [0.2, 0.25) is 10.0 Å². The number of imidazole rings is 1. The maximum absolute atomic E-state index is 12.9. The van der Waals surface area contributed by atoms with E-state index in [1.165, 1.54) is 4.57 Å². The van der Waals surface area contributed by atoms with Gasteiger partial charge in [0.2, 0.25) is 0 Å². The van der Waals surface area contributed by atoms with Crippen LogP contribution >= 0.6 is 23.2 Å². The predicted octanol–water partition coefficient (Wildman–Crippen LogP) is 7.35. The number of carbonyl (C=O) groups excluding carboxylic acids is 2. The number of carbonyl (C=O) groups is 2. The van der Waals surface area contributed by atoms with Crippen molar-refractivity contribution in [1.82, 2.24) is 9.55 Å². The predicted molar refractivity (Wildman–Crippen MR) is 141 cm³/mol. The molecule has 8 nitrogen and oxygen atoms in total. The fraction of sp³-hybridized carbons (Fsp3) is 0.192. The number of fused-ring (bicyclic) bond motifs is 1. The Morgan fingerprint density at radius 2 is 1.58 bits per heavy atom. The molecule has 0 radical (unpaired) electrons. The Morgan fingerprint density at radius 1 is 0.917 bits per heavy atom. The Bertz CT molecular complexity index is 1410. The molecule has 3 aromatic carbocycles. The number of hydrogen-bond donors (Lipinski definition) is 2. The second kappa shape index (κ2) is 10.5. The van der Waals surface area contributed by atoms with Crippen LogP contribution in [0.4, 0.5) is 21.0 Å². The first-order valence-electron chi connectivity index (χ1n) is 11.0. The lowest BCUT2D eigenvalue weighted by Crippen LogP contribution is -2.28. The number of anilines is 2. The van der Waals surface area contributed by atoms with Crippen LogP contribution in [0.5, 0.6) is 5.75 Å². The van der Waals surface area contributed by atoms with E-state index < -0.39 is 17.7 Å². The van der Waals surface area contributed by atoms with Gasteiger partial charge >= 0.3 is 12.1 Å². The summed E-state index contributed by atoms with van der Waals surface area (Å²) in [7, 11) is 0. The summed E-state index contributed by atoms with van der Waals surface area (Å²) in [6, 6.07) is 18.5. The van der Waals surface area contributed by atoms with Gasteiger partial charge in [0.25, 0.3) is 0 Å². The number of ether oxygens (including phenoxy) is 2. The van der Waals surface area contributed by atoms with Crippen molar-refractivity contribution in [1.29, 1.82) is 0 Å². The van der Waals surface area contributed by atoms with Crippen LogP contribution in [0.1, 0.15) is 26.6 Å². The lowest BCUT2D eigenvalue weighted by Gasteiger charge is -2.20. The van der Waals surface area contributed by atoms with Crippen molar-refractivity contribution in [2.45, 2.75) is 33.0 Å². The summed E-state index contributed by atoms with van der Waals surface area (Å²) in [5.74, 6) is 0.946. The Hall–Kier alpha value is -3.75. The number of nitrogens with zero attached hydrogens (tertiary/aromatic N) is 2. The van der Waals surface area contributed by atoms with Crippen molar-refractivity contribution in [2.24, 2.45) is 0 Å². The third-order valence-electron chi connectivity index (χ3n) is 4.86. The van der Waals surface area contributed by atoms with Crippen molar-refractivity contribution < 1.29 is 19.1 Å². The van der Waals surface area contributed by atoms with Crippen LogP contribution in [-0.4, -0.2) is 27.3 Å². The summed E-state index contributed by atoms with van der Waals surface area (Å²) in [4.78, 5) is 29.7. The molecule has 0 unspecified atom stereocenters. The number of rotatable bonds is 5. The van der Waals surface area contributed by atoms with Gasteiger partial charge in [-0.1, -0.05) is 35.3 Å². The Morgan fingerprint density at radius 3 is 2.28 bits per heavy atom. The normalized spacial score (nSPS) is 11.2. The van der Waals surface area contributed by atoms with Crippen molar-refractivity contribution >= 4 is 57.7 Å². The van der Waals surface area contributed by atoms with Gasteiger partial charge in [0.15, 0.2) is 5.82 Å². The van der Waals surface area contributed by atoms with E-state index >= 15 is 0 Å². The van der Waals surface area contributed by atoms with Gasteiger partial charge in [-0.05, 0) is 75.4 Å². The van der Waals surface area contributed by atoms with Gasteiger partial charge in [0, 0.05) is 11.4 Å². The van der Waals surface area contributed by atoms with Crippen LogP contribution in [-0.2, 0) is 11.3 Å². The number of nitrogens with one attached hydrogen (secondary N) is 2. The van der Waals surface area contributed by atoms with Gasteiger partial charge in [-0.3, -0.25) is 0 Å². The lowest BCUT2D eigenvalue weighted by molar-refractivity contribution is 0.0533. The molecule has 1 aromatic heterocycles. The first-order valence-corrected chi connectivity index (χ1v) is 11.8. The van der Waals surface area contributed by atoms with E-state index in [0.29, 0.717) is 44.0 Å². The monoisotopic (exact) mass is 526 g/mol. The average molecular weight is 527 g/mol. The summed E-state index contributed by atoms with van der Waals surface area (Å²) < 4.78 is 12.9. The first-order chi connectivity index (χ1) is 17.1. The molecule has 0 saturated carbocycles. The number of aromatic nitrogens is 2. The average Bonchev–Trinajstić information content (AvgIpc) is 3.18. The number of amides is 2. The molecule has 0 aliphatic heterocycles. The van der Waals surface area contributed by atoms with Gasteiger partial charge in [-0.2, -0.15) is 0 Å². The van der Waals surface area contributed by atoms with E-state index in [2.05, 4.69) is 15.6 Å². The second-order valence-electron chi connectivity index (χ2n) is 8.85. The zero-order valence-corrected chi connectivity index (χ0v) is 21.4. The minimum atomic E-state index is -0.657. The highest BCUT2D eigenvalue weighted by Gasteiger charge is 2.23. The van der Waals surface area contributed by atoms with Crippen LogP contribution in [0.25, 0.3) is 11.0 Å². The zero-order valence-electron chi connectivity index (χ0n) is 19.8. The van der Waals surface area contributed by atoms with E-state index in [9.17, 15) is 9.59 Å². The molecule has 0 fully saturated rings. The Labute approximate surface area is 218 Å². The van der Waals surface area contributed by atoms with E-state index in [1.807, 2.05) is 18.2 Å².